The molecule has 6 nitrogen and oxygen atoms in total. The number of hydrogen-bond donors (Lipinski definition) is 0. The lowest BCUT2D eigenvalue weighted by Gasteiger charge is -2.25. The van der Waals surface area contributed by atoms with Crippen molar-refractivity contribution in [3.05, 3.63) is 58.0 Å². The molecule has 0 aliphatic carbocycles. The average molecular weight is 389 g/mol. The predicted octanol–water partition coefficient (Wildman–Crippen LogP) is 2.70. The molecule has 1 saturated heterocycles. The van der Waals surface area contributed by atoms with Gasteiger partial charge in [0.05, 0.1) is 6.67 Å². The van der Waals surface area contributed by atoms with Crippen molar-refractivity contribution in [2.45, 2.75) is 19.9 Å². The number of rotatable bonds is 8. The van der Waals surface area contributed by atoms with Gasteiger partial charge in [-0.05, 0) is 35.7 Å². The van der Waals surface area contributed by atoms with Crippen LogP contribution in [0.15, 0.2) is 41.8 Å². The van der Waals surface area contributed by atoms with Crippen LogP contribution in [-0.2, 0) is 22.6 Å². The molecule has 2 aromatic rings. The van der Waals surface area contributed by atoms with Gasteiger partial charge in [-0.1, -0.05) is 25.1 Å². The van der Waals surface area contributed by atoms with E-state index in [4.69, 9.17) is 0 Å². The molecule has 142 valence electrons. The number of urea groups is 1. The van der Waals surface area contributed by atoms with Crippen molar-refractivity contribution in [1.82, 2.24) is 14.7 Å². The molecule has 1 aromatic heterocycles. The number of halogens is 1. The molecule has 1 aliphatic heterocycles. The van der Waals surface area contributed by atoms with Crippen LogP contribution in [0.4, 0.5) is 9.18 Å². The number of carbonyl (C=O) groups excluding carboxylic acids is 3. The molecule has 0 spiro atoms. The molecule has 0 saturated carbocycles. The molecule has 0 bridgehead atoms. The molecule has 0 N–H and O–H groups in total. The smallest absolute Gasteiger partial charge is 0.281 e. The summed E-state index contributed by atoms with van der Waals surface area (Å²) < 4.78 is 13.4. The zero-order chi connectivity index (χ0) is 19.4. The number of imide groups is 2. The third-order valence-corrected chi connectivity index (χ3v) is 5.32. The van der Waals surface area contributed by atoms with Gasteiger partial charge in [-0.3, -0.25) is 19.4 Å². The molecule has 0 atom stereocenters. The van der Waals surface area contributed by atoms with Gasteiger partial charge in [-0.2, -0.15) is 0 Å². The van der Waals surface area contributed by atoms with Crippen LogP contribution in [0.3, 0.4) is 0 Å². The molecule has 1 fully saturated rings. The molecule has 1 aromatic carbocycles. The van der Waals surface area contributed by atoms with Crippen LogP contribution in [-0.4, -0.2) is 52.3 Å². The second-order valence-electron chi connectivity index (χ2n) is 6.22. The Hall–Kier alpha value is -2.58. The first kappa shape index (κ1) is 19.2. The Morgan fingerprint density at radius 3 is 2.52 bits per heavy atom. The van der Waals surface area contributed by atoms with Crippen LogP contribution < -0.4 is 0 Å². The lowest BCUT2D eigenvalue weighted by atomic mass is 10.2. The SMILES string of the molecule is CCN(Cc1cccc(F)c1)CN1C(=O)C(=O)N(CCc2cccs2)C1=O. The number of benzene rings is 1. The minimum atomic E-state index is -0.816. The molecule has 3 rings (SSSR count). The number of hydrogen-bond acceptors (Lipinski definition) is 5. The van der Waals surface area contributed by atoms with Gasteiger partial charge in [-0.15, -0.1) is 11.3 Å². The molecular weight excluding hydrogens is 369 g/mol. The first-order valence-corrected chi connectivity index (χ1v) is 9.54. The summed E-state index contributed by atoms with van der Waals surface area (Å²) >= 11 is 1.54. The monoisotopic (exact) mass is 389 g/mol. The molecule has 4 amide bonds. The van der Waals surface area contributed by atoms with Gasteiger partial charge < -0.3 is 0 Å². The molecule has 0 radical (unpaired) electrons. The van der Waals surface area contributed by atoms with Gasteiger partial charge in [-0.25, -0.2) is 14.1 Å². The Bertz CT molecular complexity index is 840. The zero-order valence-corrected chi connectivity index (χ0v) is 15.7. The fourth-order valence-electron chi connectivity index (χ4n) is 2.90. The Kier molecular flexibility index (Phi) is 5.98. The highest BCUT2D eigenvalue weighted by Crippen LogP contribution is 2.17. The summed E-state index contributed by atoms with van der Waals surface area (Å²) in [6.07, 6.45) is 0.525. The minimum absolute atomic E-state index is 0.00801. The summed E-state index contributed by atoms with van der Waals surface area (Å²) in [5.41, 5.74) is 0.733. The average Bonchev–Trinajstić information content (AvgIpc) is 3.23. The van der Waals surface area contributed by atoms with Crippen molar-refractivity contribution in [1.29, 1.82) is 0 Å². The van der Waals surface area contributed by atoms with E-state index in [9.17, 15) is 18.8 Å². The lowest BCUT2D eigenvalue weighted by molar-refractivity contribution is -0.144. The summed E-state index contributed by atoms with van der Waals surface area (Å²) in [4.78, 5) is 41.9. The Morgan fingerprint density at radius 1 is 1.07 bits per heavy atom. The maximum Gasteiger partial charge on any atom is 0.335 e. The second-order valence-corrected chi connectivity index (χ2v) is 7.25. The Labute approximate surface area is 160 Å². The number of nitrogens with zero attached hydrogens (tertiary/aromatic N) is 3. The number of carbonyl (C=O) groups is 3. The van der Waals surface area contributed by atoms with E-state index >= 15 is 0 Å². The number of thiophene rings is 1. The van der Waals surface area contributed by atoms with Crippen LogP contribution in [0.25, 0.3) is 0 Å². The van der Waals surface area contributed by atoms with Gasteiger partial charge in [0, 0.05) is 24.4 Å². The topological polar surface area (TPSA) is 60.9 Å². The van der Waals surface area contributed by atoms with E-state index in [0.29, 0.717) is 19.5 Å². The maximum atomic E-state index is 13.4. The van der Waals surface area contributed by atoms with Crippen LogP contribution in [0.5, 0.6) is 0 Å². The fraction of sp³-hybridized carbons (Fsp3) is 0.316. The molecule has 0 unspecified atom stereocenters. The molecular formula is C19H20FN3O3S. The Morgan fingerprint density at radius 2 is 1.85 bits per heavy atom. The zero-order valence-electron chi connectivity index (χ0n) is 14.9. The summed E-state index contributed by atoms with van der Waals surface area (Å²) in [7, 11) is 0. The summed E-state index contributed by atoms with van der Waals surface area (Å²) in [5, 5.41) is 1.92. The first-order valence-electron chi connectivity index (χ1n) is 8.66. The summed E-state index contributed by atoms with van der Waals surface area (Å²) in [6.45, 7) is 2.95. The third-order valence-electron chi connectivity index (χ3n) is 4.38. The predicted molar refractivity (Wildman–Crippen MR) is 99.3 cm³/mol. The van der Waals surface area contributed by atoms with E-state index in [1.54, 1.807) is 28.4 Å². The van der Waals surface area contributed by atoms with Crippen molar-refractivity contribution in [3.63, 3.8) is 0 Å². The molecule has 1 aliphatic rings. The van der Waals surface area contributed by atoms with Crippen molar-refractivity contribution in [2.75, 3.05) is 19.8 Å². The van der Waals surface area contributed by atoms with Crippen LogP contribution in [0, 0.1) is 5.82 Å². The summed E-state index contributed by atoms with van der Waals surface area (Å²) in [6, 6.07) is 9.38. The van der Waals surface area contributed by atoms with E-state index in [-0.39, 0.29) is 19.0 Å². The Balaban J connectivity index is 1.65. The fourth-order valence-corrected chi connectivity index (χ4v) is 3.60. The molecule has 2 heterocycles. The van der Waals surface area contributed by atoms with E-state index in [2.05, 4.69) is 0 Å². The van der Waals surface area contributed by atoms with Crippen molar-refractivity contribution >= 4 is 29.2 Å². The van der Waals surface area contributed by atoms with E-state index in [0.717, 1.165) is 20.2 Å². The lowest BCUT2D eigenvalue weighted by Crippen LogP contribution is -2.42. The van der Waals surface area contributed by atoms with Gasteiger partial charge in [0.25, 0.3) is 0 Å². The highest BCUT2D eigenvalue weighted by Gasteiger charge is 2.44. The highest BCUT2D eigenvalue weighted by atomic mass is 32.1. The highest BCUT2D eigenvalue weighted by molar-refractivity contribution is 7.09. The normalized spacial score (nSPS) is 14.7. The molecule has 8 heteroatoms. The second kappa shape index (κ2) is 8.41. The van der Waals surface area contributed by atoms with Crippen LogP contribution >= 0.6 is 11.3 Å². The summed E-state index contributed by atoms with van der Waals surface area (Å²) in [5.74, 6) is -1.95. The largest absolute Gasteiger partial charge is 0.335 e. The van der Waals surface area contributed by atoms with Crippen molar-refractivity contribution in [3.8, 4) is 0 Å². The quantitative estimate of drug-likeness (QED) is 0.515. The van der Waals surface area contributed by atoms with Crippen LogP contribution in [0.1, 0.15) is 17.4 Å². The number of amides is 4. The van der Waals surface area contributed by atoms with Crippen molar-refractivity contribution < 1.29 is 18.8 Å². The molecule has 27 heavy (non-hydrogen) atoms. The van der Waals surface area contributed by atoms with Gasteiger partial charge in [0.1, 0.15) is 5.82 Å². The van der Waals surface area contributed by atoms with Gasteiger partial charge >= 0.3 is 17.8 Å². The van der Waals surface area contributed by atoms with E-state index in [1.807, 2.05) is 24.4 Å². The van der Waals surface area contributed by atoms with E-state index in [1.165, 1.54) is 12.1 Å². The first-order chi connectivity index (χ1) is 13.0. The maximum absolute atomic E-state index is 13.4. The van der Waals surface area contributed by atoms with E-state index < -0.39 is 17.8 Å². The third kappa shape index (κ3) is 4.40. The standard InChI is InChI=1S/C19H20FN3O3S/c1-2-21(12-14-5-3-6-15(20)11-14)13-23-18(25)17(24)22(19(23)26)9-8-16-7-4-10-27-16/h3-7,10-11H,2,8-9,12-13H2,1H3. The van der Waals surface area contributed by atoms with Crippen molar-refractivity contribution in [2.24, 2.45) is 0 Å². The minimum Gasteiger partial charge on any atom is -0.281 e. The van der Waals surface area contributed by atoms with Gasteiger partial charge in [0.2, 0.25) is 0 Å². The van der Waals surface area contributed by atoms with Crippen LogP contribution in [0.2, 0.25) is 0 Å². The van der Waals surface area contributed by atoms with Gasteiger partial charge in [0.15, 0.2) is 0 Å².